The molecule has 0 saturated carbocycles. The van der Waals surface area contributed by atoms with Crippen LogP contribution in [0.1, 0.15) is 155 Å². The van der Waals surface area contributed by atoms with E-state index in [2.05, 4.69) is 13.8 Å². The Morgan fingerprint density at radius 1 is 0.269 bits per heavy atom. The molecule has 0 heteroatoms. The van der Waals surface area contributed by atoms with Crippen LogP contribution in [0, 0.1) is 0 Å². The molecule has 0 heterocycles. The summed E-state index contributed by atoms with van der Waals surface area (Å²) in [6, 6.07) is 0. The fourth-order valence-electron chi connectivity index (χ4n) is 4.39. The lowest BCUT2D eigenvalue weighted by Crippen LogP contribution is -1.89. The molecule has 0 bridgehead atoms. The lowest BCUT2D eigenvalue weighted by molar-refractivity contribution is 0.519. The molecule has 0 radical (unpaired) electrons. The van der Waals surface area contributed by atoms with Crippen molar-refractivity contribution in [2.45, 2.75) is 155 Å². The van der Waals surface area contributed by atoms with Gasteiger partial charge in [-0.2, -0.15) is 0 Å². The molecule has 0 N–H and O–H groups in total. The Labute approximate surface area is 166 Å². The van der Waals surface area contributed by atoms with Crippen LogP contribution in [0.4, 0.5) is 0 Å². The Morgan fingerprint density at radius 2 is 0.423 bits per heavy atom. The maximum Gasteiger partial charge on any atom is -0.0320 e. The molecule has 0 spiro atoms. The zero-order valence-electron chi connectivity index (χ0n) is 18.6. The van der Waals surface area contributed by atoms with Crippen LogP contribution >= 0.6 is 0 Å². The molecule has 0 saturated heterocycles. The van der Waals surface area contributed by atoms with Crippen molar-refractivity contribution in [3.05, 3.63) is 11.1 Å². The second-order valence-electron chi connectivity index (χ2n) is 9.13. The van der Waals surface area contributed by atoms with Gasteiger partial charge in [0.25, 0.3) is 0 Å². The van der Waals surface area contributed by atoms with E-state index >= 15 is 0 Å². The summed E-state index contributed by atoms with van der Waals surface area (Å²) in [6.07, 6.45) is 32.2. The Morgan fingerprint density at radius 3 is 0.615 bits per heavy atom. The molecule has 0 aromatic rings. The maximum absolute atomic E-state index is 2.39. The second kappa shape index (κ2) is 18.1. The standard InChI is InChI=1S/C26H50/c1-25-23-21-19-17-15-13-11-9-7-5-3-4-6-8-10-12-14-16-18-20-22-24-26(25)2/h3-24H2,1-2H3/b26-25+. The summed E-state index contributed by atoms with van der Waals surface area (Å²) < 4.78 is 0. The van der Waals surface area contributed by atoms with Gasteiger partial charge in [0, 0.05) is 0 Å². The van der Waals surface area contributed by atoms with Crippen LogP contribution in [-0.2, 0) is 0 Å². The van der Waals surface area contributed by atoms with Crippen LogP contribution < -0.4 is 0 Å². The molecular formula is C26H50. The summed E-state index contributed by atoms with van der Waals surface area (Å²) in [5, 5.41) is 0. The number of rotatable bonds is 0. The summed E-state index contributed by atoms with van der Waals surface area (Å²) >= 11 is 0. The molecule has 1 aliphatic carbocycles. The van der Waals surface area contributed by atoms with Gasteiger partial charge in [-0.1, -0.05) is 127 Å². The molecule has 0 amide bonds. The van der Waals surface area contributed by atoms with Crippen molar-refractivity contribution < 1.29 is 0 Å². The van der Waals surface area contributed by atoms with E-state index in [0.717, 1.165) is 0 Å². The van der Waals surface area contributed by atoms with Crippen molar-refractivity contribution in [2.75, 3.05) is 0 Å². The number of hydrogen-bond acceptors (Lipinski definition) is 0. The van der Waals surface area contributed by atoms with E-state index in [1.54, 1.807) is 11.1 Å². The Balaban J connectivity index is 2.20. The van der Waals surface area contributed by atoms with Crippen LogP contribution in [0.15, 0.2) is 11.1 Å². The predicted octanol–water partition coefficient (Wildman–Crippen LogP) is 9.92. The van der Waals surface area contributed by atoms with Gasteiger partial charge in [-0.05, 0) is 39.5 Å². The van der Waals surface area contributed by atoms with Gasteiger partial charge in [0.05, 0.1) is 0 Å². The quantitative estimate of drug-likeness (QED) is 0.376. The van der Waals surface area contributed by atoms with Crippen molar-refractivity contribution >= 4 is 0 Å². The molecule has 154 valence electrons. The van der Waals surface area contributed by atoms with E-state index in [4.69, 9.17) is 0 Å². The minimum Gasteiger partial charge on any atom is -0.0744 e. The molecule has 1 rings (SSSR count). The smallest absolute Gasteiger partial charge is 0.0320 e. The Hall–Kier alpha value is -0.260. The Kier molecular flexibility index (Phi) is 16.6. The number of allylic oxidation sites excluding steroid dienone is 2. The van der Waals surface area contributed by atoms with Gasteiger partial charge in [-0.3, -0.25) is 0 Å². The molecule has 0 aromatic carbocycles. The van der Waals surface area contributed by atoms with Gasteiger partial charge in [0.1, 0.15) is 0 Å². The van der Waals surface area contributed by atoms with E-state index in [-0.39, 0.29) is 0 Å². The molecule has 0 atom stereocenters. The fraction of sp³-hybridized carbons (Fsp3) is 0.923. The maximum atomic E-state index is 2.39. The van der Waals surface area contributed by atoms with E-state index < -0.39 is 0 Å². The first-order valence-corrected chi connectivity index (χ1v) is 12.5. The highest BCUT2D eigenvalue weighted by atomic mass is 14.1. The number of hydrogen-bond donors (Lipinski definition) is 0. The molecule has 0 nitrogen and oxygen atoms in total. The molecule has 0 fully saturated rings. The van der Waals surface area contributed by atoms with Gasteiger partial charge in [0.2, 0.25) is 0 Å². The zero-order valence-corrected chi connectivity index (χ0v) is 18.6. The van der Waals surface area contributed by atoms with E-state index in [1.165, 1.54) is 141 Å². The third kappa shape index (κ3) is 14.9. The lowest BCUT2D eigenvalue weighted by Gasteiger charge is -2.09. The third-order valence-electron chi connectivity index (χ3n) is 6.58. The Bertz CT molecular complexity index is 293. The molecule has 0 aliphatic heterocycles. The summed E-state index contributed by atoms with van der Waals surface area (Å²) in [6.45, 7) is 4.78. The highest BCUT2D eigenvalue weighted by Crippen LogP contribution is 2.20. The van der Waals surface area contributed by atoms with Gasteiger partial charge in [-0.15, -0.1) is 0 Å². The molecule has 26 heavy (non-hydrogen) atoms. The van der Waals surface area contributed by atoms with Crippen LogP contribution in [0.5, 0.6) is 0 Å². The van der Waals surface area contributed by atoms with Crippen LogP contribution in [-0.4, -0.2) is 0 Å². The lowest BCUT2D eigenvalue weighted by atomic mass is 9.98. The van der Waals surface area contributed by atoms with E-state index in [0.29, 0.717) is 0 Å². The molecule has 0 unspecified atom stereocenters. The summed E-state index contributed by atoms with van der Waals surface area (Å²) in [4.78, 5) is 0. The van der Waals surface area contributed by atoms with E-state index in [1.807, 2.05) is 0 Å². The zero-order chi connectivity index (χ0) is 18.7. The monoisotopic (exact) mass is 362 g/mol. The van der Waals surface area contributed by atoms with Gasteiger partial charge >= 0.3 is 0 Å². The minimum absolute atomic E-state index is 1.35. The topological polar surface area (TPSA) is 0 Å². The van der Waals surface area contributed by atoms with Crippen LogP contribution in [0.3, 0.4) is 0 Å². The average molecular weight is 363 g/mol. The van der Waals surface area contributed by atoms with Crippen molar-refractivity contribution in [1.82, 2.24) is 0 Å². The second-order valence-corrected chi connectivity index (χ2v) is 9.13. The average Bonchev–Trinajstić information content (AvgIpc) is 2.64. The highest BCUT2D eigenvalue weighted by Gasteiger charge is 2.00. The van der Waals surface area contributed by atoms with Crippen molar-refractivity contribution in [1.29, 1.82) is 0 Å². The van der Waals surface area contributed by atoms with Crippen LogP contribution in [0.2, 0.25) is 0 Å². The highest BCUT2D eigenvalue weighted by molar-refractivity contribution is 5.09. The largest absolute Gasteiger partial charge is 0.0744 e. The van der Waals surface area contributed by atoms with Gasteiger partial charge < -0.3 is 0 Å². The molecule has 1 aliphatic rings. The van der Waals surface area contributed by atoms with Gasteiger partial charge in [-0.25, -0.2) is 0 Å². The summed E-state index contributed by atoms with van der Waals surface area (Å²) in [5.74, 6) is 0. The molecule has 0 aromatic heterocycles. The predicted molar refractivity (Wildman–Crippen MR) is 120 cm³/mol. The summed E-state index contributed by atoms with van der Waals surface area (Å²) in [7, 11) is 0. The first-order valence-electron chi connectivity index (χ1n) is 12.5. The summed E-state index contributed by atoms with van der Waals surface area (Å²) in [5.41, 5.74) is 3.39. The first kappa shape index (κ1) is 23.8. The third-order valence-corrected chi connectivity index (χ3v) is 6.58. The van der Waals surface area contributed by atoms with Gasteiger partial charge in [0.15, 0.2) is 0 Å². The van der Waals surface area contributed by atoms with Crippen molar-refractivity contribution in [2.24, 2.45) is 0 Å². The fourth-order valence-corrected chi connectivity index (χ4v) is 4.39. The molecular weight excluding hydrogens is 312 g/mol. The van der Waals surface area contributed by atoms with Crippen molar-refractivity contribution in [3.63, 3.8) is 0 Å². The normalized spacial score (nSPS) is 26.1. The van der Waals surface area contributed by atoms with E-state index in [9.17, 15) is 0 Å². The van der Waals surface area contributed by atoms with Crippen LogP contribution in [0.25, 0.3) is 0 Å². The minimum atomic E-state index is 1.35. The SMILES string of the molecule is C/C1=C(/C)CCCCCCCCCCCCCCCCCCCCCC1. The van der Waals surface area contributed by atoms with Crippen molar-refractivity contribution in [3.8, 4) is 0 Å². The first-order chi connectivity index (χ1) is 12.8.